The molecule has 0 spiro atoms. The minimum atomic E-state index is -1.04. The lowest BCUT2D eigenvalue weighted by Gasteiger charge is -2.27. The van der Waals surface area contributed by atoms with E-state index in [1.807, 2.05) is 0 Å². The Balaban J connectivity index is 1.71. The SMILES string of the molecule is COc1ccc(C(O)=C2C(=O)C(=O)N(CCC[NH+]3CCOCC3)[C@H]2c2ccccc2F)cc1OC. The molecule has 35 heavy (non-hydrogen) atoms. The molecule has 9 heteroatoms. The Kier molecular flexibility index (Phi) is 7.67. The zero-order chi connectivity index (χ0) is 24.9. The molecule has 0 bridgehead atoms. The smallest absolute Gasteiger partial charge is 0.295 e. The number of rotatable bonds is 8. The van der Waals surface area contributed by atoms with E-state index in [4.69, 9.17) is 14.2 Å². The van der Waals surface area contributed by atoms with Crippen molar-refractivity contribution in [2.45, 2.75) is 12.5 Å². The van der Waals surface area contributed by atoms with Gasteiger partial charge in [-0.2, -0.15) is 0 Å². The van der Waals surface area contributed by atoms with Crippen LogP contribution in [-0.2, 0) is 14.3 Å². The highest BCUT2D eigenvalue weighted by Crippen LogP contribution is 2.41. The second-order valence-corrected chi connectivity index (χ2v) is 8.55. The molecular formula is C26H30FN2O6+. The van der Waals surface area contributed by atoms with Crippen LogP contribution in [0.4, 0.5) is 4.39 Å². The van der Waals surface area contributed by atoms with Gasteiger partial charge in [-0.05, 0) is 24.3 Å². The van der Waals surface area contributed by atoms with Crippen LogP contribution in [0.2, 0.25) is 0 Å². The van der Waals surface area contributed by atoms with E-state index in [0.717, 1.165) is 19.6 Å². The third-order valence-corrected chi connectivity index (χ3v) is 6.53. The standard InChI is InChI=1S/C26H29FN2O6/c1-33-20-9-8-17(16-21(20)34-2)24(30)22-23(18-6-3-4-7-19(18)27)29(26(32)25(22)31)11-5-10-28-12-14-35-15-13-28/h3-4,6-9,16,23,30H,5,10-15H2,1-2H3/p+1/t23-/m0/s1. The minimum absolute atomic E-state index is 0.147. The number of morpholine rings is 1. The highest BCUT2D eigenvalue weighted by atomic mass is 19.1. The normalized spacial score (nSPS) is 20.3. The van der Waals surface area contributed by atoms with Crippen molar-refractivity contribution in [2.75, 3.05) is 53.6 Å². The van der Waals surface area contributed by atoms with Crippen molar-refractivity contribution >= 4 is 17.4 Å². The summed E-state index contributed by atoms with van der Waals surface area (Å²) in [5.41, 5.74) is 0.276. The van der Waals surface area contributed by atoms with Gasteiger partial charge in [0.05, 0.1) is 45.6 Å². The van der Waals surface area contributed by atoms with Gasteiger partial charge in [0.1, 0.15) is 24.7 Å². The molecule has 0 unspecified atom stereocenters. The fourth-order valence-corrected chi connectivity index (χ4v) is 4.68. The van der Waals surface area contributed by atoms with Crippen LogP contribution in [0.25, 0.3) is 5.76 Å². The lowest BCUT2D eigenvalue weighted by molar-refractivity contribution is -0.908. The second-order valence-electron chi connectivity index (χ2n) is 8.55. The third kappa shape index (κ3) is 5.01. The first kappa shape index (κ1) is 24.7. The third-order valence-electron chi connectivity index (χ3n) is 6.53. The number of carbonyl (C=O) groups excluding carboxylic acids is 2. The highest BCUT2D eigenvalue weighted by Gasteiger charge is 2.46. The van der Waals surface area contributed by atoms with E-state index in [1.165, 1.54) is 42.2 Å². The summed E-state index contributed by atoms with van der Waals surface area (Å²) in [6.07, 6.45) is 0.629. The fourth-order valence-electron chi connectivity index (χ4n) is 4.68. The number of methoxy groups -OCH3 is 2. The maximum absolute atomic E-state index is 14.9. The van der Waals surface area contributed by atoms with Crippen molar-refractivity contribution in [1.29, 1.82) is 0 Å². The first-order valence-corrected chi connectivity index (χ1v) is 11.6. The Labute approximate surface area is 203 Å². The van der Waals surface area contributed by atoms with E-state index in [1.54, 1.807) is 24.3 Å². The molecule has 2 N–H and O–H groups in total. The molecule has 0 aliphatic carbocycles. The summed E-state index contributed by atoms with van der Waals surface area (Å²) >= 11 is 0. The Bertz CT molecular complexity index is 1130. The Morgan fingerprint density at radius 3 is 2.51 bits per heavy atom. The number of aliphatic hydroxyl groups is 1. The molecule has 2 aliphatic heterocycles. The number of hydrogen-bond acceptors (Lipinski definition) is 6. The van der Waals surface area contributed by atoms with Gasteiger partial charge in [0.2, 0.25) is 0 Å². The predicted octanol–water partition coefficient (Wildman–Crippen LogP) is 1.57. The fraction of sp³-hybridized carbons (Fsp3) is 0.385. The number of hydrogen-bond donors (Lipinski definition) is 2. The summed E-state index contributed by atoms with van der Waals surface area (Å²) < 4.78 is 30.9. The second kappa shape index (κ2) is 10.9. The molecule has 2 aromatic carbocycles. The van der Waals surface area contributed by atoms with E-state index in [-0.39, 0.29) is 29.0 Å². The number of aliphatic hydroxyl groups excluding tert-OH is 1. The van der Waals surface area contributed by atoms with Gasteiger partial charge in [0, 0.05) is 24.1 Å². The Hall–Kier alpha value is -3.43. The van der Waals surface area contributed by atoms with Crippen LogP contribution < -0.4 is 14.4 Å². The summed E-state index contributed by atoms with van der Waals surface area (Å²) in [6.45, 7) is 4.22. The van der Waals surface area contributed by atoms with Gasteiger partial charge in [0.25, 0.3) is 11.7 Å². The van der Waals surface area contributed by atoms with Crippen LogP contribution in [0.5, 0.6) is 11.5 Å². The quantitative estimate of drug-likeness (QED) is 0.335. The van der Waals surface area contributed by atoms with E-state index in [0.29, 0.717) is 31.1 Å². The number of likely N-dealkylation sites (tertiary alicyclic amines) is 1. The van der Waals surface area contributed by atoms with Gasteiger partial charge in [0.15, 0.2) is 11.5 Å². The topological polar surface area (TPSA) is 89.7 Å². The molecule has 2 aliphatic rings. The maximum atomic E-state index is 14.9. The molecule has 4 rings (SSSR count). The summed E-state index contributed by atoms with van der Waals surface area (Å²) in [5.74, 6) is -1.75. The highest BCUT2D eigenvalue weighted by molar-refractivity contribution is 6.46. The van der Waals surface area contributed by atoms with Crippen LogP contribution in [-0.4, -0.2) is 75.3 Å². The van der Waals surface area contributed by atoms with E-state index < -0.39 is 23.5 Å². The maximum Gasteiger partial charge on any atom is 0.295 e. The summed E-state index contributed by atoms with van der Waals surface area (Å²) in [4.78, 5) is 29.0. The summed E-state index contributed by atoms with van der Waals surface area (Å²) in [6, 6.07) is 9.63. The number of nitrogens with one attached hydrogen (secondary N) is 1. The van der Waals surface area contributed by atoms with Crippen molar-refractivity contribution in [2.24, 2.45) is 0 Å². The molecule has 0 radical (unpaired) electrons. The Morgan fingerprint density at radius 1 is 1.11 bits per heavy atom. The van der Waals surface area contributed by atoms with Crippen LogP contribution in [0, 0.1) is 5.82 Å². The van der Waals surface area contributed by atoms with E-state index >= 15 is 0 Å². The van der Waals surface area contributed by atoms with Crippen molar-refractivity contribution in [3.63, 3.8) is 0 Å². The number of carbonyl (C=O) groups is 2. The molecule has 2 fully saturated rings. The minimum Gasteiger partial charge on any atom is -0.507 e. The molecule has 8 nitrogen and oxygen atoms in total. The molecule has 2 heterocycles. The van der Waals surface area contributed by atoms with Crippen LogP contribution in [0.1, 0.15) is 23.6 Å². The predicted molar refractivity (Wildman–Crippen MR) is 126 cm³/mol. The molecule has 1 amide bonds. The number of Topliss-reactive ketones (excluding diaryl/α,β-unsaturated/α-hetero) is 1. The zero-order valence-corrected chi connectivity index (χ0v) is 19.9. The molecule has 0 aromatic heterocycles. The zero-order valence-electron chi connectivity index (χ0n) is 19.9. The summed E-state index contributed by atoms with van der Waals surface area (Å²) in [7, 11) is 2.94. The van der Waals surface area contributed by atoms with Gasteiger partial charge >= 0.3 is 0 Å². The number of amides is 1. The molecule has 0 saturated carbocycles. The van der Waals surface area contributed by atoms with Gasteiger partial charge < -0.3 is 29.1 Å². The van der Waals surface area contributed by atoms with Gasteiger partial charge in [-0.3, -0.25) is 9.59 Å². The average Bonchev–Trinajstić information content (AvgIpc) is 3.13. The van der Waals surface area contributed by atoms with Gasteiger partial charge in [-0.15, -0.1) is 0 Å². The number of nitrogens with zero attached hydrogens (tertiary/aromatic N) is 1. The number of quaternary nitrogens is 1. The molecular weight excluding hydrogens is 455 g/mol. The van der Waals surface area contributed by atoms with Gasteiger partial charge in [-0.1, -0.05) is 18.2 Å². The lowest BCUT2D eigenvalue weighted by atomic mass is 9.94. The Morgan fingerprint density at radius 2 is 1.83 bits per heavy atom. The average molecular weight is 486 g/mol. The van der Waals surface area contributed by atoms with Crippen LogP contribution in [0.3, 0.4) is 0 Å². The monoisotopic (exact) mass is 485 g/mol. The van der Waals surface area contributed by atoms with Crippen molar-refractivity contribution in [1.82, 2.24) is 4.90 Å². The van der Waals surface area contributed by atoms with E-state index in [2.05, 4.69) is 0 Å². The van der Waals surface area contributed by atoms with Crippen molar-refractivity contribution in [3.8, 4) is 11.5 Å². The number of halogens is 1. The molecule has 186 valence electrons. The lowest BCUT2D eigenvalue weighted by Crippen LogP contribution is -3.14. The van der Waals surface area contributed by atoms with Crippen LogP contribution >= 0.6 is 0 Å². The molecule has 2 saturated heterocycles. The first-order chi connectivity index (χ1) is 17.0. The van der Waals surface area contributed by atoms with Crippen molar-refractivity contribution < 1.29 is 38.2 Å². The van der Waals surface area contributed by atoms with Crippen molar-refractivity contribution in [3.05, 3.63) is 65.0 Å². The number of benzene rings is 2. The van der Waals surface area contributed by atoms with E-state index in [9.17, 15) is 19.1 Å². The van der Waals surface area contributed by atoms with Crippen LogP contribution in [0.15, 0.2) is 48.0 Å². The first-order valence-electron chi connectivity index (χ1n) is 11.6. The summed E-state index contributed by atoms with van der Waals surface area (Å²) in [5, 5.41) is 11.2. The number of ketones is 1. The molecule has 2 aromatic rings. The molecule has 1 atom stereocenters. The number of ether oxygens (including phenoxy) is 3. The van der Waals surface area contributed by atoms with Gasteiger partial charge in [-0.25, -0.2) is 4.39 Å². The largest absolute Gasteiger partial charge is 0.507 e.